The molecular formula is C12H9ClN2O4. The molecule has 0 aliphatic rings. The van der Waals surface area contributed by atoms with Crippen molar-refractivity contribution in [3.05, 3.63) is 65.0 Å². The molecule has 0 bridgehead atoms. The number of nitro groups is 1. The van der Waals surface area contributed by atoms with Gasteiger partial charge in [-0.05, 0) is 18.2 Å². The van der Waals surface area contributed by atoms with Gasteiger partial charge in [-0.25, -0.2) is 4.79 Å². The van der Waals surface area contributed by atoms with E-state index in [0.29, 0.717) is 0 Å². The Balaban J connectivity index is 0.000000250. The van der Waals surface area contributed by atoms with Gasteiger partial charge in [-0.15, -0.1) is 0 Å². The molecule has 0 N–H and O–H groups in total. The number of halogens is 1. The smallest absolute Gasteiger partial charge is 0.407 e. The summed E-state index contributed by atoms with van der Waals surface area (Å²) in [5.74, 6) is -0.160. The normalized spacial score (nSPS) is 8.89. The van der Waals surface area contributed by atoms with E-state index in [4.69, 9.17) is 11.6 Å². The zero-order valence-electron chi connectivity index (χ0n) is 9.60. The number of para-hydroxylation sites is 2. The van der Waals surface area contributed by atoms with Crippen molar-refractivity contribution >= 4 is 22.7 Å². The first-order chi connectivity index (χ1) is 9.11. The van der Waals surface area contributed by atoms with E-state index in [1.165, 1.54) is 24.3 Å². The van der Waals surface area contributed by atoms with Crippen molar-refractivity contribution in [3.63, 3.8) is 0 Å². The van der Waals surface area contributed by atoms with Crippen LogP contribution in [0.4, 0.5) is 10.5 Å². The van der Waals surface area contributed by atoms with Crippen LogP contribution in [0.2, 0.25) is 0 Å². The van der Waals surface area contributed by atoms with Crippen LogP contribution in [0, 0.1) is 10.1 Å². The summed E-state index contributed by atoms with van der Waals surface area (Å²) in [5, 5.41) is 10.4. The minimum absolute atomic E-state index is 0.160. The highest BCUT2D eigenvalue weighted by Crippen LogP contribution is 2.26. The number of ether oxygens (including phenoxy) is 1. The number of hydrogen-bond acceptors (Lipinski definition) is 5. The number of carbonyl (C=O) groups is 1. The molecule has 0 saturated heterocycles. The molecule has 1 aromatic heterocycles. The van der Waals surface area contributed by atoms with Crippen molar-refractivity contribution in [2.24, 2.45) is 0 Å². The molecule has 19 heavy (non-hydrogen) atoms. The van der Waals surface area contributed by atoms with E-state index < -0.39 is 10.4 Å². The van der Waals surface area contributed by atoms with Crippen molar-refractivity contribution < 1.29 is 14.5 Å². The van der Waals surface area contributed by atoms with Gasteiger partial charge in [0, 0.05) is 30.1 Å². The minimum atomic E-state index is -1.10. The second kappa shape index (κ2) is 7.78. The Morgan fingerprint density at radius 2 is 1.79 bits per heavy atom. The van der Waals surface area contributed by atoms with Crippen LogP contribution in [0.5, 0.6) is 5.75 Å². The highest BCUT2D eigenvalue weighted by atomic mass is 35.5. The second-order valence-corrected chi connectivity index (χ2v) is 3.40. The third-order valence-corrected chi connectivity index (χ3v) is 1.90. The van der Waals surface area contributed by atoms with Crippen LogP contribution in [0.25, 0.3) is 0 Å². The molecule has 2 rings (SSSR count). The Hall–Kier alpha value is -2.47. The Morgan fingerprint density at radius 1 is 1.16 bits per heavy atom. The third kappa shape index (κ3) is 5.60. The van der Waals surface area contributed by atoms with Crippen molar-refractivity contribution in [2.75, 3.05) is 0 Å². The first kappa shape index (κ1) is 14.6. The summed E-state index contributed by atoms with van der Waals surface area (Å²) < 4.78 is 4.39. The molecule has 2 aromatic rings. The molecule has 0 aliphatic carbocycles. The second-order valence-electron chi connectivity index (χ2n) is 3.09. The molecule has 7 heteroatoms. The lowest BCUT2D eigenvalue weighted by Gasteiger charge is -1.99. The highest BCUT2D eigenvalue weighted by Gasteiger charge is 2.15. The number of benzene rings is 1. The monoisotopic (exact) mass is 280 g/mol. The van der Waals surface area contributed by atoms with Crippen LogP contribution in [-0.4, -0.2) is 15.3 Å². The van der Waals surface area contributed by atoms with Gasteiger partial charge in [0.05, 0.1) is 4.92 Å². The molecule has 0 spiro atoms. The molecule has 0 atom stereocenters. The van der Waals surface area contributed by atoms with Gasteiger partial charge in [-0.1, -0.05) is 18.2 Å². The predicted molar refractivity (Wildman–Crippen MR) is 69.2 cm³/mol. The van der Waals surface area contributed by atoms with Crippen LogP contribution in [0.1, 0.15) is 0 Å². The van der Waals surface area contributed by atoms with Gasteiger partial charge < -0.3 is 4.74 Å². The van der Waals surface area contributed by atoms with Crippen LogP contribution < -0.4 is 4.74 Å². The number of hydrogen-bond donors (Lipinski definition) is 0. The van der Waals surface area contributed by atoms with Gasteiger partial charge in [0.15, 0.2) is 0 Å². The van der Waals surface area contributed by atoms with E-state index in [1.54, 1.807) is 12.4 Å². The molecule has 0 fully saturated rings. The summed E-state index contributed by atoms with van der Waals surface area (Å²) >= 11 is 4.91. The fraction of sp³-hybridized carbons (Fsp3) is 0. The Bertz CT molecular complexity index is 522. The van der Waals surface area contributed by atoms with E-state index in [1.807, 2.05) is 18.2 Å². The molecule has 0 radical (unpaired) electrons. The molecule has 0 saturated carbocycles. The van der Waals surface area contributed by atoms with E-state index in [-0.39, 0.29) is 11.4 Å². The average molecular weight is 281 g/mol. The summed E-state index contributed by atoms with van der Waals surface area (Å²) in [7, 11) is 0. The lowest BCUT2D eigenvalue weighted by molar-refractivity contribution is -0.385. The lowest BCUT2D eigenvalue weighted by Crippen LogP contribution is -1.99. The summed E-state index contributed by atoms with van der Waals surface area (Å²) in [6.45, 7) is 0. The Kier molecular flexibility index (Phi) is 5.97. The fourth-order valence-corrected chi connectivity index (χ4v) is 1.18. The number of pyridine rings is 1. The number of aromatic nitrogens is 1. The summed E-state index contributed by atoms with van der Waals surface area (Å²) in [6.07, 6.45) is 3.50. The maximum Gasteiger partial charge on any atom is 0.409 e. The van der Waals surface area contributed by atoms with Crippen molar-refractivity contribution in [1.82, 2.24) is 4.98 Å². The Morgan fingerprint density at radius 3 is 2.21 bits per heavy atom. The molecule has 0 unspecified atom stereocenters. The summed E-state index contributed by atoms with van der Waals surface area (Å²) in [5.41, 5.74) is -1.40. The SMILES string of the molecule is O=C(Cl)Oc1ccccc1[N+](=O)[O-].c1ccncc1. The van der Waals surface area contributed by atoms with Gasteiger partial charge in [-0.3, -0.25) is 15.1 Å². The number of carbonyl (C=O) groups excluding carboxylic acids is 1. The topological polar surface area (TPSA) is 82.3 Å². The largest absolute Gasteiger partial charge is 0.409 e. The van der Waals surface area contributed by atoms with Crippen molar-refractivity contribution in [1.29, 1.82) is 0 Å². The first-order valence-electron chi connectivity index (χ1n) is 5.07. The highest BCUT2D eigenvalue weighted by molar-refractivity contribution is 6.61. The molecular weight excluding hydrogens is 272 g/mol. The molecule has 0 amide bonds. The standard InChI is InChI=1S/C7H4ClNO4.C5H5N/c8-7(10)13-6-4-2-1-3-5(6)9(11)12;1-2-4-6-5-3-1/h1-4H;1-5H. The zero-order chi connectivity index (χ0) is 14.1. The first-order valence-corrected chi connectivity index (χ1v) is 5.45. The summed E-state index contributed by atoms with van der Waals surface area (Å²) in [4.78, 5) is 23.8. The summed E-state index contributed by atoms with van der Waals surface area (Å²) in [6, 6.07) is 11.2. The van der Waals surface area contributed by atoms with Crippen LogP contribution in [0.3, 0.4) is 0 Å². The fourth-order valence-electron chi connectivity index (χ4n) is 1.09. The minimum Gasteiger partial charge on any atom is -0.407 e. The zero-order valence-corrected chi connectivity index (χ0v) is 10.4. The van der Waals surface area contributed by atoms with E-state index in [2.05, 4.69) is 9.72 Å². The van der Waals surface area contributed by atoms with Crippen LogP contribution >= 0.6 is 11.6 Å². The quantitative estimate of drug-likeness (QED) is 0.478. The maximum atomic E-state index is 10.4. The van der Waals surface area contributed by atoms with Gasteiger partial charge in [0.25, 0.3) is 0 Å². The van der Waals surface area contributed by atoms with Crippen molar-refractivity contribution in [3.8, 4) is 5.75 Å². The van der Waals surface area contributed by atoms with Crippen LogP contribution in [0.15, 0.2) is 54.9 Å². The maximum absolute atomic E-state index is 10.4. The molecule has 98 valence electrons. The molecule has 0 aliphatic heterocycles. The molecule has 6 nitrogen and oxygen atoms in total. The lowest BCUT2D eigenvalue weighted by atomic mass is 10.3. The van der Waals surface area contributed by atoms with Gasteiger partial charge in [-0.2, -0.15) is 0 Å². The number of rotatable bonds is 2. The average Bonchev–Trinajstić information content (AvgIpc) is 2.41. The van der Waals surface area contributed by atoms with Gasteiger partial charge in [0.1, 0.15) is 0 Å². The van der Waals surface area contributed by atoms with Gasteiger partial charge >= 0.3 is 11.1 Å². The van der Waals surface area contributed by atoms with Crippen molar-refractivity contribution in [2.45, 2.75) is 0 Å². The molecule has 1 aromatic carbocycles. The van der Waals surface area contributed by atoms with E-state index in [9.17, 15) is 14.9 Å². The predicted octanol–water partition coefficient (Wildman–Crippen LogP) is 3.41. The molecule has 1 heterocycles. The van der Waals surface area contributed by atoms with E-state index >= 15 is 0 Å². The number of nitrogens with zero attached hydrogens (tertiary/aromatic N) is 2. The van der Waals surface area contributed by atoms with Crippen LogP contribution in [-0.2, 0) is 0 Å². The third-order valence-electron chi connectivity index (χ3n) is 1.82. The Labute approximate surface area is 113 Å². The van der Waals surface area contributed by atoms with E-state index in [0.717, 1.165) is 0 Å². The van der Waals surface area contributed by atoms with Gasteiger partial charge in [0.2, 0.25) is 5.75 Å². The number of nitro benzene ring substituents is 1.